The van der Waals surface area contributed by atoms with Gasteiger partial charge in [-0.15, -0.1) is 0 Å². The summed E-state index contributed by atoms with van der Waals surface area (Å²) < 4.78 is 5.03. The Morgan fingerprint density at radius 1 is 1.32 bits per heavy atom. The Kier molecular flexibility index (Phi) is 6.77. The van der Waals surface area contributed by atoms with Crippen LogP contribution in [-0.4, -0.2) is 68.1 Å². The third-order valence-electron chi connectivity index (χ3n) is 2.60. The molecule has 0 N–H and O–H groups in total. The Balaban J connectivity index is 2.74. The number of likely N-dealkylation sites (N-methyl/N-ethyl adjacent to an activating group) is 1. The average molecular weight is 286 g/mol. The number of ether oxygens (including phenoxy) is 1. The maximum Gasteiger partial charge on any atom is 0.272 e. The Morgan fingerprint density at radius 3 is 2.63 bits per heavy atom. The molecule has 1 heterocycles. The highest BCUT2D eigenvalue weighted by atomic mass is 35.5. The molecule has 0 spiro atoms. The van der Waals surface area contributed by atoms with Crippen molar-refractivity contribution in [3.05, 3.63) is 29.0 Å². The van der Waals surface area contributed by atoms with Crippen molar-refractivity contribution in [2.75, 3.05) is 47.4 Å². The third-order valence-corrected chi connectivity index (χ3v) is 2.81. The molecule has 19 heavy (non-hydrogen) atoms. The van der Waals surface area contributed by atoms with Gasteiger partial charge in [0.15, 0.2) is 0 Å². The normalized spacial score (nSPS) is 10.8. The number of rotatable bonds is 7. The first-order valence-electron chi connectivity index (χ1n) is 6.10. The predicted molar refractivity (Wildman–Crippen MR) is 75.6 cm³/mol. The van der Waals surface area contributed by atoms with Crippen LogP contribution in [0.25, 0.3) is 0 Å². The monoisotopic (exact) mass is 285 g/mol. The van der Waals surface area contributed by atoms with E-state index in [1.807, 2.05) is 19.0 Å². The van der Waals surface area contributed by atoms with Crippen LogP contribution in [0.2, 0.25) is 5.15 Å². The van der Waals surface area contributed by atoms with Gasteiger partial charge in [-0.3, -0.25) is 4.79 Å². The minimum atomic E-state index is -0.124. The van der Waals surface area contributed by atoms with Crippen LogP contribution in [0.15, 0.2) is 18.2 Å². The molecule has 0 aromatic carbocycles. The highest BCUT2D eigenvalue weighted by Gasteiger charge is 2.17. The van der Waals surface area contributed by atoms with Crippen LogP contribution in [0.3, 0.4) is 0 Å². The number of pyridine rings is 1. The summed E-state index contributed by atoms with van der Waals surface area (Å²) in [4.78, 5) is 20.1. The highest BCUT2D eigenvalue weighted by Crippen LogP contribution is 2.08. The first-order chi connectivity index (χ1) is 9.04. The van der Waals surface area contributed by atoms with E-state index in [2.05, 4.69) is 4.98 Å². The summed E-state index contributed by atoms with van der Waals surface area (Å²) in [5, 5.41) is 0.324. The summed E-state index contributed by atoms with van der Waals surface area (Å²) in [5.74, 6) is -0.124. The number of carbonyl (C=O) groups excluding carboxylic acids is 1. The van der Waals surface area contributed by atoms with E-state index < -0.39 is 0 Å². The van der Waals surface area contributed by atoms with Gasteiger partial charge in [0.05, 0.1) is 6.61 Å². The van der Waals surface area contributed by atoms with Crippen LogP contribution < -0.4 is 0 Å². The van der Waals surface area contributed by atoms with Gasteiger partial charge in [-0.1, -0.05) is 17.7 Å². The van der Waals surface area contributed by atoms with E-state index in [0.29, 0.717) is 30.5 Å². The minimum Gasteiger partial charge on any atom is -0.383 e. The Morgan fingerprint density at radius 2 is 2.05 bits per heavy atom. The lowest BCUT2D eigenvalue weighted by Gasteiger charge is -2.23. The largest absolute Gasteiger partial charge is 0.383 e. The van der Waals surface area contributed by atoms with Crippen molar-refractivity contribution in [2.24, 2.45) is 0 Å². The van der Waals surface area contributed by atoms with Crippen LogP contribution in [0.4, 0.5) is 0 Å². The molecule has 0 aliphatic heterocycles. The van der Waals surface area contributed by atoms with Crippen molar-refractivity contribution in [1.29, 1.82) is 0 Å². The number of amides is 1. The third kappa shape index (κ3) is 5.55. The van der Waals surface area contributed by atoms with Crippen LogP contribution in [0, 0.1) is 0 Å². The van der Waals surface area contributed by atoms with Gasteiger partial charge in [-0.2, -0.15) is 0 Å². The van der Waals surface area contributed by atoms with Crippen molar-refractivity contribution >= 4 is 17.5 Å². The second-order valence-corrected chi connectivity index (χ2v) is 4.82. The molecule has 5 nitrogen and oxygen atoms in total. The SMILES string of the molecule is COCCN(CCN(C)C)C(=O)c1cccc(Cl)n1. The summed E-state index contributed by atoms with van der Waals surface area (Å²) >= 11 is 5.81. The number of carbonyl (C=O) groups is 1. The molecule has 1 rings (SSSR count). The standard InChI is InChI=1S/C13H20ClN3O2/c1-16(2)7-8-17(9-10-19-3)13(18)11-5-4-6-12(14)15-11/h4-6H,7-10H2,1-3H3. The van der Waals surface area contributed by atoms with Crippen molar-refractivity contribution in [3.8, 4) is 0 Å². The van der Waals surface area contributed by atoms with Crippen LogP contribution in [0.1, 0.15) is 10.5 Å². The summed E-state index contributed by atoms with van der Waals surface area (Å²) in [6, 6.07) is 5.05. The van der Waals surface area contributed by atoms with E-state index in [4.69, 9.17) is 16.3 Å². The molecular formula is C13H20ClN3O2. The molecular weight excluding hydrogens is 266 g/mol. The molecule has 0 aliphatic carbocycles. The molecule has 0 saturated heterocycles. The lowest BCUT2D eigenvalue weighted by Crippen LogP contribution is -2.39. The minimum absolute atomic E-state index is 0.124. The van der Waals surface area contributed by atoms with Gasteiger partial charge in [-0.05, 0) is 26.2 Å². The lowest BCUT2D eigenvalue weighted by molar-refractivity contribution is 0.0677. The Hall–Kier alpha value is -1.17. The van der Waals surface area contributed by atoms with Gasteiger partial charge in [0.1, 0.15) is 10.8 Å². The molecule has 0 aliphatic rings. The summed E-state index contributed by atoms with van der Waals surface area (Å²) in [6.07, 6.45) is 0. The first-order valence-corrected chi connectivity index (χ1v) is 6.48. The zero-order chi connectivity index (χ0) is 14.3. The van der Waals surface area contributed by atoms with E-state index in [9.17, 15) is 4.79 Å². The molecule has 0 unspecified atom stereocenters. The molecule has 106 valence electrons. The lowest BCUT2D eigenvalue weighted by atomic mass is 10.3. The molecule has 1 aromatic rings. The molecule has 6 heteroatoms. The smallest absolute Gasteiger partial charge is 0.272 e. The maximum absolute atomic E-state index is 12.3. The molecule has 0 fully saturated rings. The van der Waals surface area contributed by atoms with Gasteiger partial charge in [0, 0.05) is 26.7 Å². The highest BCUT2D eigenvalue weighted by molar-refractivity contribution is 6.29. The van der Waals surface area contributed by atoms with E-state index in [1.165, 1.54) is 0 Å². The first kappa shape index (κ1) is 15.9. The second-order valence-electron chi connectivity index (χ2n) is 4.43. The van der Waals surface area contributed by atoms with Gasteiger partial charge >= 0.3 is 0 Å². The van der Waals surface area contributed by atoms with E-state index in [-0.39, 0.29) is 5.91 Å². The fraction of sp³-hybridized carbons (Fsp3) is 0.538. The van der Waals surface area contributed by atoms with E-state index >= 15 is 0 Å². The topological polar surface area (TPSA) is 45.7 Å². The van der Waals surface area contributed by atoms with E-state index in [0.717, 1.165) is 6.54 Å². The molecule has 0 bridgehead atoms. The number of halogens is 1. The number of methoxy groups -OCH3 is 1. The van der Waals surface area contributed by atoms with Crippen LogP contribution >= 0.6 is 11.6 Å². The Bertz CT molecular complexity index is 413. The molecule has 1 amide bonds. The van der Waals surface area contributed by atoms with Crippen LogP contribution in [0.5, 0.6) is 0 Å². The summed E-state index contributed by atoms with van der Waals surface area (Å²) in [6.45, 7) is 2.45. The molecule has 0 radical (unpaired) electrons. The predicted octanol–water partition coefficient (Wildman–Crippen LogP) is 1.39. The zero-order valence-corrected chi connectivity index (χ0v) is 12.4. The maximum atomic E-state index is 12.3. The Labute approximate surface area is 119 Å². The molecule has 0 saturated carbocycles. The van der Waals surface area contributed by atoms with Crippen molar-refractivity contribution < 1.29 is 9.53 Å². The quantitative estimate of drug-likeness (QED) is 0.710. The number of hydrogen-bond donors (Lipinski definition) is 0. The van der Waals surface area contributed by atoms with Gasteiger partial charge in [-0.25, -0.2) is 4.98 Å². The van der Waals surface area contributed by atoms with Gasteiger partial charge in [0.25, 0.3) is 5.91 Å². The zero-order valence-electron chi connectivity index (χ0n) is 11.6. The van der Waals surface area contributed by atoms with Gasteiger partial charge in [0.2, 0.25) is 0 Å². The number of hydrogen-bond acceptors (Lipinski definition) is 4. The number of aromatic nitrogens is 1. The fourth-order valence-corrected chi connectivity index (χ4v) is 1.69. The van der Waals surface area contributed by atoms with Crippen molar-refractivity contribution in [2.45, 2.75) is 0 Å². The fourth-order valence-electron chi connectivity index (χ4n) is 1.53. The average Bonchev–Trinajstić information content (AvgIpc) is 2.38. The molecule has 0 atom stereocenters. The van der Waals surface area contributed by atoms with E-state index in [1.54, 1.807) is 30.2 Å². The molecule has 1 aromatic heterocycles. The van der Waals surface area contributed by atoms with Crippen molar-refractivity contribution in [1.82, 2.24) is 14.8 Å². The van der Waals surface area contributed by atoms with Crippen LogP contribution in [-0.2, 0) is 4.74 Å². The summed E-state index contributed by atoms with van der Waals surface area (Å²) in [7, 11) is 5.56. The van der Waals surface area contributed by atoms with Crippen molar-refractivity contribution in [3.63, 3.8) is 0 Å². The second kappa shape index (κ2) is 8.09. The van der Waals surface area contributed by atoms with Gasteiger partial charge < -0.3 is 14.5 Å². The summed E-state index contributed by atoms with van der Waals surface area (Å²) in [5.41, 5.74) is 0.363. The number of nitrogens with zero attached hydrogens (tertiary/aromatic N) is 3.